The van der Waals surface area contributed by atoms with E-state index < -0.39 is 6.10 Å². The fourth-order valence-electron chi connectivity index (χ4n) is 2.13. The maximum Gasteiger partial charge on any atom is 0.315 e. The number of carbonyl (C=O) groups excluding carboxylic acids is 1. The standard InChI is InChI=1S/C16H27N3O2/c1-13(20)9-10-17-16(21)18-15(12-19(2)3)11-14-7-5-4-6-8-14/h4-8,13,15,20H,9-12H2,1-3H3,(H2,17,18,21). The Bertz CT molecular complexity index is 407. The number of aliphatic hydroxyl groups is 1. The topological polar surface area (TPSA) is 64.6 Å². The minimum Gasteiger partial charge on any atom is -0.393 e. The summed E-state index contributed by atoms with van der Waals surface area (Å²) < 4.78 is 0. The van der Waals surface area contributed by atoms with Crippen LogP contribution in [0, 0.1) is 0 Å². The third-order valence-electron chi connectivity index (χ3n) is 3.09. The Kier molecular flexibility index (Phi) is 7.79. The Morgan fingerprint density at radius 1 is 1.29 bits per heavy atom. The molecule has 0 aromatic heterocycles. The number of hydrogen-bond donors (Lipinski definition) is 3. The quantitative estimate of drug-likeness (QED) is 0.675. The highest BCUT2D eigenvalue weighted by molar-refractivity contribution is 5.74. The van der Waals surface area contributed by atoms with Crippen LogP contribution in [0.1, 0.15) is 18.9 Å². The molecule has 0 spiro atoms. The summed E-state index contributed by atoms with van der Waals surface area (Å²) in [4.78, 5) is 13.9. The van der Waals surface area contributed by atoms with Gasteiger partial charge in [-0.3, -0.25) is 0 Å². The molecule has 0 bridgehead atoms. The number of aliphatic hydroxyl groups excluding tert-OH is 1. The maximum atomic E-state index is 11.9. The number of benzene rings is 1. The largest absolute Gasteiger partial charge is 0.393 e. The van der Waals surface area contributed by atoms with E-state index in [2.05, 4.69) is 27.7 Å². The summed E-state index contributed by atoms with van der Waals surface area (Å²) in [5.74, 6) is 0. The number of nitrogens with zero attached hydrogens (tertiary/aromatic N) is 1. The van der Waals surface area contributed by atoms with Crippen molar-refractivity contribution in [2.75, 3.05) is 27.2 Å². The number of carbonyl (C=O) groups is 1. The average Bonchev–Trinajstić information content (AvgIpc) is 2.38. The third-order valence-corrected chi connectivity index (χ3v) is 3.09. The number of urea groups is 1. The first-order valence-corrected chi connectivity index (χ1v) is 7.38. The number of rotatable bonds is 8. The molecule has 1 rings (SSSR count). The summed E-state index contributed by atoms with van der Waals surface area (Å²) in [6.45, 7) is 2.96. The van der Waals surface area contributed by atoms with Gasteiger partial charge in [-0.25, -0.2) is 4.79 Å². The molecule has 21 heavy (non-hydrogen) atoms. The highest BCUT2D eigenvalue weighted by atomic mass is 16.3. The Hall–Kier alpha value is -1.59. The van der Waals surface area contributed by atoms with E-state index in [1.54, 1.807) is 6.92 Å². The molecule has 2 amide bonds. The van der Waals surface area contributed by atoms with Crippen LogP contribution >= 0.6 is 0 Å². The molecule has 0 radical (unpaired) electrons. The Morgan fingerprint density at radius 3 is 2.52 bits per heavy atom. The van der Waals surface area contributed by atoms with Crippen LogP contribution in [0.5, 0.6) is 0 Å². The van der Waals surface area contributed by atoms with Crippen molar-refractivity contribution in [1.29, 1.82) is 0 Å². The zero-order chi connectivity index (χ0) is 15.7. The first-order chi connectivity index (χ1) is 9.97. The zero-order valence-corrected chi connectivity index (χ0v) is 13.2. The smallest absolute Gasteiger partial charge is 0.315 e. The van der Waals surface area contributed by atoms with Gasteiger partial charge in [-0.15, -0.1) is 0 Å². The van der Waals surface area contributed by atoms with Crippen LogP contribution in [-0.4, -0.2) is 55.4 Å². The highest BCUT2D eigenvalue weighted by Crippen LogP contribution is 2.04. The van der Waals surface area contributed by atoms with Gasteiger partial charge in [-0.2, -0.15) is 0 Å². The van der Waals surface area contributed by atoms with Gasteiger partial charge < -0.3 is 20.6 Å². The molecular formula is C16H27N3O2. The summed E-state index contributed by atoms with van der Waals surface area (Å²) in [7, 11) is 3.98. The van der Waals surface area contributed by atoms with Crippen LogP contribution in [-0.2, 0) is 6.42 Å². The minimum atomic E-state index is -0.396. The molecule has 0 fully saturated rings. The Labute approximate surface area is 127 Å². The normalized spacial score (nSPS) is 13.8. The van der Waals surface area contributed by atoms with Crippen molar-refractivity contribution in [2.45, 2.75) is 31.9 Å². The van der Waals surface area contributed by atoms with Crippen molar-refractivity contribution in [2.24, 2.45) is 0 Å². The molecule has 1 aromatic rings. The van der Waals surface area contributed by atoms with Gasteiger partial charge in [0.1, 0.15) is 0 Å². The molecule has 5 heteroatoms. The van der Waals surface area contributed by atoms with E-state index in [0.717, 1.165) is 13.0 Å². The van der Waals surface area contributed by atoms with Gasteiger partial charge in [0, 0.05) is 19.1 Å². The fourth-order valence-corrected chi connectivity index (χ4v) is 2.13. The molecular weight excluding hydrogens is 266 g/mol. The highest BCUT2D eigenvalue weighted by Gasteiger charge is 2.14. The van der Waals surface area contributed by atoms with E-state index in [9.17, 15) is 9.90 Å². The lowest BCUT2D eigenvalue weighted by Gasteiger charge is -2.23. The first kappa shape index (κ1) is 17.5. The molecule has 118 valence electrons. The van der Waals surface area contributed by atoms with Gasteiger partial charge in [-0.1, -0.05) is 30.3 Å². The van der Waals surface area contributed by atoms with E-state index in [1.165, 1.54) is 5.56 Å². The number of nitrogens with one attached hydrogen (secondary N) is 2. The summed E-state index contributed by atoms with van der Waals surface area (Å²) >= 11 is 0. The summed E-state index contributed by atoms with van der Waals surface area (Å²) in [6, 6.07) is 9.99. The molecule has 0 aliphatic rings. The van der Waals surface area contributed by atoms with Gasteiger partial charge in [0.15, 0.2) is 0 Å². The predicted octanol–water partition coefficient (Wildman–Crippen LogP) is 1.23. The fraction of sp³-hybridized carbons (Fsp3) is 0.562. The summed E-state index contributed by atoms with van der Waals surface area (Å²) in [5, 5.41) is 15.0. The SMILES string of the molecule is CC(O)CCNC(=O)NC(Cc1ccccc1)CN(C)C. The van der Waals surface area contributed by atoms with E-state index in [-0.39, 0.29) is 12.1 Å². The predicted molar refractivity (Wildman–Crippen MR) is 85.3 cm³/mol. The average molecular weight is 293 g/mol. The van der Waals surface area contributed by atoms with Crippen molar-refractivity contribution in [3.05, 3.63) is 35.9 Å². The molecule has 0 saturated heterocycles. The lowest BCUT2D eigenvalue weighted by Crippen LogP contribution is -2.47. The molecule has 0 saturated carbocycles. The van der Waals surface area contributed by atoms with Gasteiger partial charge >= 0.3 is 6.03 Å². The molecule has 1 aromatic carbocycles. The Balaban J connectivity index is 2.47. The Morgan fingerprint density at radius 2 is 1.95 bits per heavy atom. The first-order valence-electron chi connectivity index (χ1n) is 7.38. The van der Waals surface area contributed by atoms with Gasteiger partial charge in [-0.05, 0) is 39.4 Å². The van der Waals surface area contributed by atoms with Crippen molar-refractivity contribution >= 4 is 6.03 Å². The third kappa shape index (κ3) is 8.32. The second kappa shape index (κ2) is 9.37. The minimum absolute atomic E-state index is 0.0500. The van der Waals surface area contributed by atoms with Crippen molar-refractivity contribution < 1.29 is 9.90 Å². The molecule has 0 aliphatic carbocycles. The second-order valence-corrected chi connectivity index (χ2v) is 5.69. The van der Waals surface area contributed by atoms with Crippen molar-refractivity contribution in [1.82, 2.24) is 15.5 Å². The molecule has 2 atom stereocenters. The van der Waals surface area contributed by atoms with E-state index >= 15 is 0 Å². The van der Waals surface area contributed by atoms with E-state index in [0.29, 0.717) is 13.0 Å². The lowest BCUT2D eigenvalue weighted by atomic mass is 10.1. The van der Waals surface area contributed by atoms with Crippen LogP contribution in [0.3, 0.4) is 0 Å². The van der Waals surface area contributed by atoms with Gasteiger partial charge in [0.2, 0.25) is 0 Å². The van der Waals surface area contributed by atoms with E-state index in [4.69, 9.17) is 0 Å². The maximum absolute atomic E-state index is 11.9. The van der Waals surface area contributed by atoms with E-state index in [1.807, 2.05) is 32.3 Å². The van der Waals surface area contributed by atoms with Crippen LogP contribution < -0.4 is 10.6 Å². The van der Waals surface area contributed by atoms with Crippen LogP contribution in [0.15, 0.2) is 30.3 Å². The number of amides is 2. The van der Waals surface area contributed by atoms with Crippen LogP contribution in [0.2, 0.25) is 0 Å². The lowest BCUT2D eigenvalue weighted by molar-refractivity contribution is 0.183. The number of hydrogen-bond acceptors (Lipinski definition) is 3. The molecule has 2 unspecified atom stereocenters. The van der Waals surface area contributed by atoms with Gasteiger partial charge in [0.25, 0.3) is 0 Å². The molecule has 3 N–H and O–H groups in total. The van der Waals surface area contributed by atoms with Crippen LogP contribution in [0.4, 0.5) is 4.79 Å². The molecule has 5 nitrogen and oxygen atoms in total. The summed E-state index contributed by atoms with van der Waals surface area (Å²) in [5.41, 5.74) is 1.20. The molecule has 0 aliphatic heterocycles. The van der Waals surface area contributed by atoms with Crippen molar-refractivity contribution in [3.8, 4) is 0 Å². The second-order valence-electron chi connectivity index (χ2n) is 5.69. The van der Waals surface area contributed by atoms with Crippen LogP contribution in [0.25, 0.3) is 0 Å². The van der Waals surface area contributed by atoms with Gasteiger partial charge in [0.05, 0.1) is 6.10 Å². The van der Waals surface area contributed by atoms with Crippen molar-refractivity contribution in [3.63, 3.8) is 0 Å². The summed E-state index contributed by atoms with van der Waals surface area (Å²) in [6.07, 6.45) is 0.958. The monoisotopic (exact) mass is 293 g/mol. The zero-order valence-electron chi connectivity index (χ0n) is 13.2. The molecule has 0 heterocycles. The number of likely N-dealkylation sites (N-methyl/N-ethyl adjacent to an activating group) is 1.